The Kier molecular flexibility index (Phi) is 4.47. The molecule has 0 aliphatic carbocycles. The highest BCUT2D eigenvalue weighted by atomic mass is 14.9. The van der Waals surface area contributed by atoms with Crippen LogP contribution in [0.5, 0.6) is 0 Å². The van der Waals surface area contributed by atoms with Crippen LogP contribution in [0.1, 0.15) is 51.2 Å². The standard InChI is InChI=1S/C13H21N3/c1-5-9(4)11-10(6-2)8-16-13(14)12(11)15-7-3/h7-9H,5-6H2,1-4H3,(H2,14,16)/b15-7-. The summed E-state index contributed by atoms with van der Waals surface area (Å²) in [6.45, 7) is 8.43. The number of aromatic nitrogens is 1. The number of hydrogen-bond donors (Lipinski definition) is 1. The van der Waals surface area contributed by atoms with E-state index in [2.05, 4.69) is 30.7 Å². The van der Waals surface area contributed by atoms with Gasteiger partial charge in [-0.1, -0.05) is 20.8 Å². The fourth-order valence-corrected chi connectivity index (χ4v) is 1.87. The second kappa shape index (κ2) is 5.64. The van der Waals surface area contributed by atoms with Gasteiger partial charge in [0, 0.05) is 12.4 Å². The first-order valence-electron chi connectivity index (χ1n) is 5.91. The molecular formula is C13H21N3. The van der Waals surface area contributed by atoms with E-state index in [1.165, 1.54) is 11.1 Å². The molecule has 1 heterocycles. The van der Waals surface area contributed by atoms with Gasteiger partial charge in [-0.05, 0) is 36.8 Å². The molecule has 0 amide bonds. The smallest absolute Gasteiger partial charge is 0.149 e. The number of anilines is 1. The van der Waals surface area contributed by atoms with Gasteiger partial charge >= 0.3 is 0 Å². The number of nitrogen functional groups attached to an aromatic ring is 1. The van der Waals surface area contributed by atoms with Crippen LogP contribution in [-0.4, -0.2) is 11.2 Å². The molecule has 0 fully saturated rings. The van der Waals surface area contributed by atoms with Crippen LogP contribution >= 0.6 is 0 Å². The molecule has 0 saturated carbocycles. The Labute approximate surface area is 97.8 Å². The van der Waals surface area contributed by atoms with Crippen molar-refractivity contribution in [1.82, 2.24) is 4.98 Å². The Morgan fingerprint density at radius 3 is 2.69 bits per heavy atom. The van der Waals surface area contributed by atoms with Crippen molar-refractivity contribution < 1.29 is 0 Å². The summed E-state index contributed by atoms with van der Waals surface area (Å²) in [6.07, 6.45) is 5.71. The van der Waals surface area contributed by atoms with Gasteiger partial charge < -0.3 is 5.73 Å². The molecule has 0 radical (unpaired) electrons. The molecule has 0 aromatic carbocycles. The van der Waals surface area contributed by atoms with E-state index in [-0.39, 0.29) is 0 Å². The summed E-state index contributed by atoms with van der Waals surface area (Å²) in [7, 11) is 0. The van der Waals surface area contributed by atoms with Gasteiger partial charge in [0.2, 0.25) is 0 Å². The fraction of sp³-hybridized carbons (Fsp3) is 0.538. The summed E-state index contributed by atoms with van der Waals surface area (Å²) < 4.78 is 0. The van der Waals surface area contributed by atoms with Gasteiger partial charge in [0.25, 0.3) is 0 Å². The molecule has 0 spiro atoms. The predicted molar refractivity (Wildman–Crippen MR) is 70.6 cm³/mol. The summed E-state index contributed by atoms with van der Waals surface area (Å²) in [5.74, 6) is 1.00. The average molecular weight is 219 g/mol. The minimum absolute atomic E-state index is 0.471. The van der Waals surface area contributed by atoms with Gasteiger partial charge in [0.1, 0.15) is 11.5 Å². The largest absolute Gasteiger partial charge is 0.382 e. The fourth-order valence-electron chi connectivity index (χ4n) is 1.87. The third-order valence-corrected chi connectivity index (χ3v) is 2.95. The van der Waals surface area contributed by atoms with Crippen molar-refractivity contribution in [3.05, 3.63) is 17.3 Å². The van der Waals surface area contributed by atoms with Crippen molar-refractivity contribution in [1.29, 1.82) is 0 Å². The molecule has 1 aromatic rings. The minimum Gasteiger partial charge on any atom is -0.382 e. The van der Waals surface area contributed by atoms with Crippen LogP contribution in [0.4, 0.5) is 11.5 Å². The first kappa shape index (κ1) is 12.7. The number of nitrogens with two attached hydrogens (primary N) is 1. The number of aryl methyl sites for hydroxylation is 1. The summed E-state index contributed by atoms with van der Waals surface area (Å²) in [5, 5.41) is 0. The summed E-state index contributed by atoms with van der Waals surface area (Å²) >= 11 is 0. The number of aliphatic imine (C=N–C) groups is 1. The van der Waals surface area contributed by atoms with Crippen LogP contribution in [0.25, 0.3) is 0 Å². The van der Waals surface area contributed by atoms with E-state index in [4.69, 9.17) is 5.73 Å². The van der Waals surface area contributed by atoms with E-state index >= 15 is 0 Å². The Hall–Kier alpha value is -1.38. The zero-order valence-corrected chi connectivity index (χ0v) is 10.6. The van der Waals surface area contributed by atoms with Gasteiger partial charge in [-0.3, -0.25) is 4.99 Å². The second-order valence-electron chi connectivity index (χ2n) is 3.98. The maximum absolute atomic E-state index is 5.90. The Balaban J connectivity index is 3.41. The molecule has 88 valence electrons. The molecule has 16 heavy (non-hydrogen) atoms. The van der Waals surface area contributed by atoms with Gasteiger partial charge in [-0.2, -0.15) is 0 Å². The lowest BCUT2D eigenvalue weighted by atomic mass is 9.92. The minimum atomic E-state index is 0.471. The summed E-state index contributed by atoms with van der Waals surface area (Å²) in [5.41, 5.74) is 9.27. The molecule has 3 heteroatoms. The lowest BCUT2D eigenvalue weighted by molar-refractivity contribution is 0.723. The average Bonchev–Trinajstić information content (AvgIpc) is 2.30. The van der Waals surface area contributed by atoms with Crippen LogP contribution in [0.3, 0.4) is 0 Å². The highest BCUT2D eigenvalue weighted by Crippen LogP contribution is 2.35. The third-order valence-electron chi connectivity index (χ3n) is 2.95. The lowest BCUT2D eigenvalue weighted by Crippen LogP contribution is -2.03. The van der Waals surface area contributed by atoms with Crippen LogP contribution < -0.4 is 5.73 Å². The topological polar surface area (TPSA) is 51.3 Å². The SMILES string of the molecule is C/C=N\c1c(N)ncc(CC)c1C(C)CC. The van der Waals surface area contributed by atoms with Crippen molar-refractivity contribution in [2.75, 3.05) is 5.73 Å². The van der Waals surface area contributed by atoms with Gasteiger partial charge in [-0.25, -0.2) is 4.98 Å². The molecule has 0 saturated heterocycles. The highest BCUT2D eigenvalue weighted by molar-refractivity contribution is 5.71. The second-order valence-corrected chi connectivity index (χ2v) is 3.98. The number of rotatable bonds is 4. The molecule has 1 aromatic heterocycles. The van der Waals surface area contributed by atoms with Crippen molar-refractivity contribution >= 4 is 17.7 Å². The zero-order valence-electron chi connectivity index (χ0n) is 10.6. The molecule has 1 unspecified atom stereocenters. The van der Waals surface area contributed by atoms with E-state index in [1.54, 1.807) is 6.21 Å². The molecule has 2 N–H and O–H groups in total. The Morgan fingerprint density at radius 1 is 1.50 bits per heavy atom. The monoisotopic (exact) mass is 219 g/mol. The first-order valence-corrected chi connectivity index (χ1v) is 5.91. The van der Waals surface area contributed by atoms with Crippen LogP contribution in [-0.2, 0) is 6.42 Å². The van der Waals surface area contributed by atoms with Gasteiger partial charge in [0.15, 0.2) is 0 Å². The Bertz CT molecular complexity index is 383. The molecule has 1 atom stereocenters. The lowest BCUT2D eigenvalue weighted by Gasteiger charge is -2.17. The highest BCUT2D eigenvalue weighted by Gasteiger charge is 2.16. The van der Waals surface area contributed by atoms with Gasteiger partial charge in [0.05, 0.1) is 0 Å². The molecule has 0 aliphatic heterocycles. The van der Waals surface area contributed by atoms with E-state index in [1.807, 2.05) is 13.1 Å². The molecule has 3 nitrogen and oxygen atoms in total. The molecule has 0 bridgehead atoms. The molecule has 0 aliphatic rings. The van der Waals surface area contributed by atoms with E-state index in [0.29, 0.717) is 11.7 Å². The van der Waals surface area contributed by atoms with Crippen molar-refractivity contribution in [3.63, 3.8) is 0 Å². The number of pyridine rings is 1. The number of nitrogens with zero attached hydrogens (tertiary/aromatic N) is 2. The Morgan fingerprint density at radius 2 is 2.19 bits per heavy atom. The van der Waals surface area contributed by atoms with E-state index in [9.17, 15) is 0 Å². The van der Waals surface area contributed by atoms with Crippen LogP contribution in [0.15, 0.2) is 11.2 Å². The normalized spacial score (nSPS) is 13.2. The number of hydrogen-bond acceptors (Lipinski definition) is 3. The molecular weight excluding hydrogens is 198 g/mol. The predicted octanol–water partition coefficient (Wildman–Crippen LogP) is 3.46. The van der Waals surface area contributed by atoms with E-state index < -0.39 is 0 Å². The van der Waals surface area contributed by atoms with Crippen LogP contribution in [0, 0.1) is 0 Å². The zero-order chi connectivity index (χ0) is 12.1. The van der Waals surface area contributed by atoms with Crippen molar-refractivity contribution in [3.8, 4) is 0 Å². The summed E-state index contributed by atoms with van der Waals surface area (Å²) in [6, 6.07) is 0. The van der Waals surface area contributed by atoms with E-state index in [0.717, 1.165) is 18.5 Å². The quantitative estimate of drug-likeness (QED) is 0.788. The van der Waals surface area contributed by atoms with Gasteiger partial charge in [-0.15, -0.1) is 0 Å². The van der Waals surface area contributed by atoms with Crippen LogP contribution in [0.2, 0.25) is 0 Å². The summed E-state index contributed by atoms with van der Waals surface area (Å²) in [4.78, 5) is 8.58. The maximum atomic E-state index is 5.90. The first-order chi connectivity index (χ1) is 7.65. The maximum Gasteiger partial charge on any atom is 0.149 e. The molecule has 1 rings (SSSR count). The van der Waals surface area contributed by atoms with Crippen molar-refractivity contribution in [2.45, 2.75) is 46.5 Å². The third kappa shape index (κ3) is 2.40. The van der Waals surface area contributed by atoms with Crippen molar-refractivity contribution in [2.24, 2.45) is 4.99 Å².